The van der Waals surface area contributed by atoms with Gasteiger partial charge in [-0.3, -0.25) is 4.79 Å². The molecule has 40 heavy (non-hydrogen) atoms. The number of nitrogens with zero attached hydrogens (tertiary/aromatic N) is 2. The molecule has 0 aromatic heterocycles. The Labute approximate surface area is 234 Å². The molecule has 0 saturated heterocycles. The summed E-state index contributed by atoms with van der Waals surface area (Å²) in [5.74, 6) is 0.466. The summed E-state index contributed by atoms with van der Waals surface area (Å²) >= 11 is 0. The summed E-state index contributed by atoms with van der Waals surface area (Å²) in [7, 11) is 3.29. The third-order valence-electron chi connectivity index (χ3n) is 6.32. The Bertz CT molecular complexity index is 1320. The molecule has 216 valence electrons. The van der Waals surface area contributed by atoms with Crippen molar-refractivity contribution in [2.75, 3.05) is 98.3 Å². The maximum atomic E-state index is 12.6. The molecule has 10 heteroatoms. The van der Waals surface area contributed by atoms with E-state index in [9.17, 15) is 4.79 Å². The van der Waals surface area contributed by atoms with E-state index in [0.29, 0.717) is 107 Å². The van der Waals surface area contributed by atoms with Crippen LogP contribution < -0.4 is 10.3 Å². The normalized spacial score (nSPS) is 11.7. The van der Waals surface area contributed by atoms with Crippen LogP contribution in [-0.2, 0) is 28.4 Å². The van der Waals surface area contributed by atoms with Crippen LogP contribution in [0.3, 0.4) is 0 Å². The number of rotatable bonds is 19. The number of ether oxygens (including phenoxy) is 6. The van der Waals surface area contributed by atoms with Gasteiger partial charge < -0.3 is 37.7 Å². The van der Waals surface area contributed by atoms with Crippen LogP contribution in [0.4, 0.5) is 5.69 Å². The SMILES string of the molecule is COCCOCCOCCN(CCOCCOCCOC)c1ccc2nc3c4ccccc4c(=O)cc-3oc2c1. The number of aromatic nitrogens is 1. The molecule has 4 rings (SSSR count). The Balaban J connectivity index is 1.44. The number of methoxy groups -OCH3 is 2. The summed E-state index contributed by atoms with van der Waals surface area (Å²) < 4.78 is 38.7. The Morgan fingerprint density at radius 2 is 1.27 bits per heavy atom. The number of hydrogen-bond donors (Lipinski definition) is 0. The minimum Gasteiger partial charge on any atom is -0.453 e. The third kappa shape index (κ3) is 8.44. The molecule has 1 aliphatic carbocycles. The van der Waals surface area contributed by atoms with Crippen molar-refractivity contribution < 1.29 is 32.8 Å². The van der Waals surface area contributed by atoms with Crippen molar-refractivity contribution in [2.24, 2.45) is 0 Å². The maximum Gasteiger partial charge on any atom is 0.190 e. The molecule has 0 bridgehead atoms. The fourth-order valence-corrected chi connectivity index (χ4v) is 4.26. The largest absolute Gasteiger partial charge is 0.453 e. The van der Waals surface area contributed by atoms with Gasteiger partial charge in [-0.05, 0) is 12.1 Å². The van der Waals surface area contributed by atoms with E-state index in [4.69, 9.17) is 37.8 Å². The molecule has 0 spiro atoms. The topological polar surface area (TPSA) is 102 Å². The van der Waals surface area contributed by atoms with Crippen LogP contribution >= 0.6 is 0 Å². The highest BCUT2D eigenvalue weighted by atomic mass is 16.5. The van der Waals surface area contributed by atoms with Gasteiger partial charge in [0.2, 0.25) is 0 Å². The third-order valence-corrected chi connectivity index (χ3v) is 6.32. The van der Waals surface area contributed by atoms with Gasteiger partial charge in [-0.1, -0.05) is 24.3 Å². The summed E-state index contributed by atoms with van der Waals surface area (Å²) in [6, 6.07) is 14.9. The molecule has 0 amide bonds. The smallest absolute Gasteiger partial charge is 0.190 e. The van der Waals surface area contributed by atoms with E-state index in [-0.39, 0.29) is 5.43 Å². The van der Waals surface area contributed by atoms with E-state index < -0.39 is 0 Å². The first-order valence-corrected chi connectivity index (χ1v) is 13.5. The Morgan fingerprint density at radius 3 is 1.90 bits per heavy atom. The zero-order chi connectivity index (χ0) is 28.0. The molecule has 1 heterocycles. The van der Waals surface area contributed by atoms with Crippen LogP contribution in [0.5, 0.6) is 0 Å². The van der Waals surface area contributed by atoms with Crippen molar-refractivity contribution in [3.63, 3.8) is 0 Å². The molecule has 0 radical (unpaired) electrons. The summed E-state index contributed by atoms with van der Waals surface area (Å²) in [4.78, 5) is 19.7. The maximum absolute atomic E-state index is 12.6. The molecule has 0 fully saturated rings. The van der Waals surface area contributed by atoms with Crippen LogP contribution in [0.1, 0.15) is 0 Å². The lowest BCUT2D eigenvalue weighted by Crippen LogP contribution is -2.31. The van der Waals surface area contributed by atoms with Gasteiger partial charge >= 0.3 is 0 Å². The Hall–Kier alpha value is -3.12. The van der Waals surface area contributed by atoms with Gasteiger partial charge in [0.15, 0.2) is 16.8 Å². The lowest BCUT2D eigenvalue weighted by molar-refractivity contribution is 0.0235. The van der Waals surface area contributed by atoms with Gasteiger partial charge in [-0.25, -0.2) is 4.98 Å². The fourth-order valence-electron chi connectivity index (χ4n) is 4.26. The minimum atomic E-state index is -0.0857. The van der Waals surface area contributed by atoms with Crippen molar-refractivity contribution in [1.82, 2.24) is 4.98 Å². The first-order chi connectivity index (χ1) is 19.7. The van der Waals surface area contributed by atoms with Crippen molar-refractivity contribution in [1.29, 1.82) is 0 Å². The quantitative estimate of drug-likeness (QED) is 0.0970. The molecule has 0 saturated carbocycles. The number of anilines is 1. The minimum absolute atomic E-state index is 0.0857. The van der Waals surface area contributed by atoms with Gasteiger partial charge in [0.05, 0.1) is 66.1 Å². The van der Waals surface area contributed by atoms with Gasteiger partial charge in [0.1, 0.15) is 11.2 Å². The van der Waals surface area contributed by atoms with E-state index in [1.807, 2.05) is 42.5 Å². The predicted octanol–water partition coefficient (Wildman–Crippen LogP) is 3.61. The van der Waals surface area contributed by atoms with Crippen LogP contribution in [0.15, 0.2) is 57.7 Å². The first-order valence-electron chi connectivity index (χ1n) is 13.5. The van der Waals surface area contributed by atoms with Gasteiger partial charge in [0, 0.05) is 55.9 Å². The number of hydrogen-bond acceptors (Lipinski definition) is 10. The molecule has 10 nitrogen and oxygen atoms in total. The van der Waals surface area contributed by atoms with Crippen molar-refractivity contribution in [3.8, 4) is 11.5 Å². The Morgan fingerprint density at radius 1 is 0.700 bits per heavy atom. The number of benzene rings is 3. The molecule has 0 N–H and O–H groups in total. The lowest BCUT2D eigenvalue weighted by Gasteiger charge is -2.25. The monoisotopic (exact) mass is 554 g/mol. The lowest BCUT2D eigenvalue weighted by atomic mass is 10.0. The highest BCUT2D eigenvalue weighted by molar-refractivity contribution is 5.96. The average molecular weight is 555 g/mol. The second kappa shape index (κ2) is 16.2. The molecule has 0 atom stereocenters. The Kier molecular flexibility index (Phi) is 12.1. The molecular formula is C30H38N2O8. The highest BCUT2D eigenvalue weighted by Crippen LogP contribution is 2.31. The summed E-state index contributed by atoms with van der Waals surface area (Å²) in [6.07, 6.45) is 0. The second-order valence-electron chi connectivity index (χ2n) is 9.06. The van der Waals surface area contributed by atoms with Crippen LogP contribution in [0.2, 0.25) is 0 Å². The predicted molar refractivity (Wildman–Crippen MR) is 154 cm³/mol. The van der Waals surface area contributed by atoms with Gasteiger partial charge in [0.25, 0.3) is 0 Å². The summed E-state index contributed by atoms with van der Waals surface area (Å²) in [6.45, 7) is 6.58. The van der Waals surface area contributed by atoms with E-state index in [1.165, 1.54) is 6.07 Å². The van der Waals surface area contributed by atoms with Gasteiger partial charge in [-0.2, -0.15) is 0 Å². The highest BCUT2D eigenvalue weighted by Gasteiger charge is 2.16. The molecule has 2 aromatic rings. The zero-order valence-electron chi connectivity index (χ0n) is 23.3. The number of fused-ring (bicyclic) bond motifs is 4. The average Bonchev–Trinajstić information content (AvgIpc) is 2.98. The van der Waals surface area contributed by atoms with Crippen LogP contribution in [0.25, 0.3) is 33.3 Å². The molecule has 1 aliphatic heterocycles. The molecule has 2 aromatic carbocycles. The van der Waals surface area contributed by atoms with E-state index in [1.54, 1.807) is 14.2 Å². The standard InChI is InChI=1S/C30H38N2O8/c1-34-13-15-38-19-17-36-11-9-32(10-12-37-18-20-39-16-14-35-2)23-7-8-26-28(21-23)40-29-22-27(33)24-5-3-4-6-25(24)30(29)31-26/h3-8,21-22H,9-20H2,1-2H3. The van der Waals surface area contributed by atoms with E-state index in [0.717, 1.165) is 11.1 Å². The van der Waals surface area contributed by atoms with Crippen molar-refractivity contribution >= 4 is 27.6 Å². The second-order valence-corrected chi connectivity index (χ2v) is 9.06. The molecule has 0 unspecified atom stereocenters. The summed E-state index contributed by atoms with van der Waals surface area (Å²) in [5.41, 5.74) is 2.85. The fraction of sp³-hybridized carbons (Fsp3) is 0.467. The van der Waals surface area contributed by atoms with E-state index in [2.05, 4.69) is 4.90 Å². The van der Waals surface area contributed by atoms with Crippen molar-refractivity contribution in [2.45, 2.75) is 0 Å². The van der Waals surface area contributed by atoms with Gasteiger partial charge in [-0.15, -0.1) is 0 Å². The molecular weight excluding hydrogens is 516 g/mol. The van der Waals surface area contributed by atoms with E-state index >= 15 is 0 Å². The van der Waals surface area contributed by atoms with Crippen LogP contribution in [-0.4, -0.2) is 98.4 Å². The molecule has 2 aliphatic rings. The first kappa shape index (κ1) is 29.9. The summed E-state index contributed by atoms with van der Waals surface area (Å²) in [5, 5.41) is 1.42. The van der Waals surface area contributed by atoms with Crippen molar-refractivity contribution in [3.05, 3.63) is 58.8 Å². The van der Waals surface area contributed by atoms with Crippen LogP contribution in [0, 0.1) is 0 Å². The zero-order valence-corrected chi connectivity index (χ0v) is 23.3.